The van der Waals surface area contributed by atoms with Gasteiger partial charge in [0.25, 0.3) is 5.91 Å². The van der Waals surface area contributed by atoms with Gasteiger partial charge < -0.3 is 10.2 Å². The van der Waals surface area contributed by atoms with Crippen molar-refractivity contribution in [2.24, 2.45) is 0 Å². The lowest BCUT2D eigenvalue weighted by molar-refractivity contribution is 0.0747. The zero-order valence-electron chi connectivity index (χ0n) is 11.8. The summed E-state index contributed by atoms with van der Waals surface area (Å²) >= 11 is 0. The molecule has 1 fully saturated rings. The van der Waals surface area contributed by atoms with Gasteiger partial charge in [-0.2, -0.15) is 5.10 Å². The highest BCUT2D eigenvalue weighted by molar-refractivity contribution is 5.92. The van der Waals surface area contributed by atoms with E-state index in [0.717, 1.165) is 19.5 Å². The summed E-state index contributed by atoms with van der Waals surface area (Å²) in [6.07, 6.45) is 4.21. The van der Waals surface area contributed by atoms with Gasteiger partial charge in [0.2, 0.25) is 0 Å². The van der Waals surface area contributed by atoms with Crippen molar-refractivity contribution in [3.63, 3.8) is 0 Å². The van der Waals surface area contributed by atoms with Crippen LogP contribution in [0.5, 0.6) is 0 Å². The van der Waals surface area contributed by atoms with E-state index in [1.165, 1.54) is 6.42 Å². The van der Waals surface area contributed by atoms with Gasteiger partial charge in [-0.3, -0.25) is 9.48 Å². The number of hydrogen-bond donors (Lipinski definition) is 1. The van der Waals surface area contributed by atoms with Crippen LogP contribution in [0, 0.1) is 0 Å². The largest absolute Gasteiger partial charge is 0.338 e. The SMILES string of the molecule is CC(C)N(C)C(=O)c1ccn(C2CCCNC2)n1.Cl. The first kappa shape index (κ1) is 16.0. The Morgan fingerprint density at radius 3 is 2.89 bits per heavy atom. The minimum atomic E-state index is -0.00693. The fourth-order valence-electron chi connectivity index (χ4n) is 2.13. The number of halogens is 1. The van der Waals surface area contributed by atoms with Crippen LogP contribution in [0.4, 0.5) is 0 Å². The molecule has 5 nitrogen and oxygen atoms in total. The summed E-state index contributed by atoms with van der Waals surface area (Å²) in [5, 5.41) is 7.78. The maximum absolute atomic E-state index is 12.1. The molecule has 1 aromatic heterocycles. The van der Waals surface area contributed by atoms with Crippen molar-refractivity contribution in [3.05, 3.63) is 18.0 Å². The fourth-order valence-corrected chi connectivity index (χ4v) is 2.13. The molecular weight excluding hydrogens is 264 g/mol. The van der Waals surface area contributed by atoms with Crippen molar-refractivity contribution in [2.75, 3.05) is 20.1 Å². The molecule has 2 rings (SSSR count). The van der Waals surface area contributed by atoms with E-state index in [1.807, 2.05) is 37.8 Å². The van der Waals surface area contributed by atoms with Gasteiger partial charge in [0.15, 0.2) is 0 Å². The van der Waals surface area contributed by atoms with Gasteiger partial charge in [0.1, 0.15) is 5.69 Å². The standard InChI is InChI=1S/C13H22N4O.ClH/c1-10(2)16(3)13(18)12-6-8-17(15-12)11-5-4-7-14-9-11;/h6,8,10-11,14H,4-5,7,9H2,1-3H3;1H. The molecule has 1 amide bonds. The van der Waals surface area contributed by atoms with Gasteiger partial charge in [-0.25, -0.2) is 0 Å². The van der Waals surface area contributed by atoms with E-state index in [2.05, 4.69) is 10.4 Å². The third-order valence-electron chi connectivity index (χ3n) is 3.57. The highest BCUT2D eigenvalue weighted by atomic mass is 35.5. The van der Waals surface area contributed by atoms with Gasteiger partial charge in [0.05, 0.1) is 6.04 Å². The maximum atomic E-state index is 12.1. The van der Waals surface area contributed by atoms with Crippen LogP contribution in [-0.2, 0) is 0 Å². The number of carbonyl (C=O) groups is 1. The molecule has 1 saturated heterocycles. The summed E-state index contributed by atoms with van der Waals surface area (Å²) in [5.41, 5.74) is 0.539. The molecule has 1 aliphatic rings. The van der Waals surface area contributed by atoms with Crippen molar-refractivity contribution in [2.45, 2.75) is 38.8 Å². The Kier molecular flexibility index (Phi) is 5.82. The Labute approximate surface area is 120 Å². The normalized spacial score (nSPS) is 19.1. The monoisotopic (exact) mass is 286 g/mol. The van der Waals surface area contributed by atoms with Crippen molar-refractivity contribution >= 4 is 18.3 Å². The number of hydrogen-bond acceptors (Lipinski definition) is 3. The summed E-state index contributed by atoms with van der Waals surface area (Å²) < 4.78 is 1.92. The van der Waals surface area contributed by atoms with Gasteiger partial charge in [-0.15, -0.1) is 12.4 Å². The molecule has 0 radical (unpaired) electrons. The summed E-state index contributed by atoms with van der Waals surface area (Å²) in [6.45, 7) is 6.02. The smallest absolute Gasteiger partial charge is 0.274 e. The van der Waals surface area contributed by atoms with E-state index in [9.17, 15) is 4.79 Å². The van der Waals surface area contributed by atoms with Crippen LogP contribution >= 0.6 is 12.4 Å². The lowest BCUT2D eigenvalue weighted by atomic mass is 10.1. The number of aromatic nitrogens is 2. The fraction of sp³-hybridized carbons (Fsp3) is 0.692. The van der Waals surface area contributed by atoms with Crippen molar-refractivity contribution < 1.29 is 4.79 Å². The van der Waals surface area contributed by atoms with Crippen LogP contribution in [0.3, 0.4) is 0 Å². The highest BCUT2D eigenvalue weighted by Crippen LogP contribution is 2.16. The molecule has 0 aliphatic carbocycles. The molecule has 6 heteroatoms. The third-order valence-corrected chi connectivity index (χ3v) is 3.57. The Morgan fingerprint density at radius 2 is 2.32 bits per heavy atom. The molecule has 0 saturated carbocycles. The Bertz CT molecular complexity index is 413. The molecule has 1 N–H and O–H groups in total. The average Bonchev–Trinajstić information content (AvgIpc) is 2.87. The first-order valence-electron chi connectivity index (χ1n) is 6.62. The molecule has 0 bridgehead atoms. The molecule has 108 valence electrons. The molecule has 1 unspecified atom stereocenters. The Morgan fingerprint density at radius 1 is 1.58 bits per heavy atom. The molecular formula is C13H23ClN4O. The van der Waals surface area contributed by atoms with E-state index in [1.54, 1.807) is 4.90 Å². The molecule has 0 aromatic carbocycles. The topological polar surface area (TPSA) is 50.2 Å². The Hall–Kier alpha value is -1.07. The second kappa shape index (κ2) is 6.91. The summed E-state index contributed by atoms with van der Waals surface area (Å²) in [5.74, 6) is -0.00693. The van der Waals surface area contributed by atoms with Crippen molar-refractivity contribution in [1.82, 2.24) is 20.0 Å². The lowest BCUT2D eigenvalue weighted by Gasteiger charge is -2.23. The van der Waals surface area contributed by atoms with Gasteiger partial charge >= 0.3 is 0 Å². The zero-order valence-corrected chi connectivity index (χ0v) is 12.6. The van der Waals surface area contributed by atoms with Gasteiger partial charge in [-0.1, -0.05) is 0 Å². The number of nitrogens with zero attached hydrogens (tertiary/aromatic N) is 3. The minimum absolute atomic E-state index is 0. The van der Waals surface area contributed by atoms with Crippen LogP contribution in [0.1, 0.15) is 43.2 Å². The maximum Gasteiger partial charge on any atom is 0.274 e. The molecule has 1 aromatic rings. The second-order valence-electron chi connectivity index (χ2n) is 5.19. The number of nitrogens with one attached hydrogen (secondary N) is 1. The van der Waals surface area contributed by atoms with E-state index in [4.69, 9.17) is 0 Å². The average molecular weight is 287 g/mol. The highest BCUT2D eigenvalue weighted by Gasteiger charge is 2.20. The second-order valence-corrected chi connectivity index (χ2v) is 5.19. The molecule has 19 heavy (non-hydrogen) atoms. The quantitative estimate of drug-likeness (QED) is 0.920. The minimum Gasteiger partial charge on any atom is -0.338 e. The van der Waals surface area contributed by atoms with Crippen LogP contribution in [-0.4, -0.2) is 46.8 Å². The number of carbonyl (C=O) groups excluding carboxylic acids is 1. The van der Waals surface area contributed by atoms with Gasteiger partial charge in [-0.05, 0) is 39.3 Å². The zero-order chi connectivity index (χ0) is 13.1. The summed E-state index contributed by atoms with van der Waals surface area (Å²) in [4.78, 5) is 13.8. The van der Waals surface area contributed by atoms with Crippen molar-refractivity contribution in [3.8, 4) is 0 Å². The molecule has 0 spiro atoms. The summed E-state index contributed by atoms with van der Waals surface area (Å²) in [7, 11) is 1.81. The van der Waals surface area contributed by atoms with Crippen molar-refractivity contribution in [1.29, 1.82) is 0 Å². The third kappa shape index (κ3) is 3.70. The van der Waals surface area contributed by atoms with E-state index >= 15 is 0 Å². The molecule has 1 atom stereocenters. The molecule has 2 heterocycles. The number of amides is 1. The van der Waals surface area contributed by atoms with Crippen LogP contribution in [0.25, 0.3) is 0 Å². The van der Waals surface area contributed by atoms with E-state index in [-0.39, 0.29) is 24.4 Å². The number of rotatable bonds is 3. The molecule has 1 aliphatic heterocycles. The van der Waals surface area contributed by atoms with Crippen LogP contribution in [0.15, 0.2) is 12.3 Å². The van der Waals surface area contributed by atoms with Gasteiger partial charge in [0, 0.05) is 25.8 Å². The Balaban J connectivity index is 0.00000180. The number of piperidine rings is 1. The van der Waals surface area contributed by atoms with Crippen LogP contribution in [0.2, 0.25) is 0 Å². The van der Waals surface area contributed by atoms with Crippen LogP contribution < -0.4 is 5.32 Å². The van der Waals surface area contributed by atoms with E-state index < -0.39 is 0 Å². The van der Waals surface area contributed by atoms with E-state index in [0.29, 0.717) is 11.7 Å². The lowest BCUT2D eigenvalue weighted by Crippen LogP contribution is -2.34. The first-order valence-corrected chi connectivity index (χ1v) is 6.62. The predicted octanol–water partition coefficient (Wildman–Crippen LogP) is 1.71. The summed E-state index contributed by atoms with van der Waals surface area (Å²) in [6, 6.07) is 2.39. The first-order chi connectivity index (χ1) is 8.59. The predicted molar refractivity (Wildman–Crippen MR) is 77.8 cm³/mol.